The third kappa shape index (κ3) is 5.43. The SMILES string of the molecule is O=C(/C=C/c1ccsc1)NCCOc1ccc(-c2noc(C(F)(F)F)n2)cc1. The van der Waals surface area contributed by atoms with Crippen LogP contribution in [0.3, 0.4) is 0 Å². The normalized spacial score (nSPS) is 11.7. The molecule has 0 fully saturated rings. The monoisotopic (exact) mass is 409 g/mol. The molecule has 0 spiro atoms. The number of alkyl halides is 3. The van der Waals surface area contributed by atoms with Gasteiger partial charge in [-0.3, -0.25) is 4.79 Å². The number of halogens is 3. The predicted molar refractivity (Wildman–Crippen MR) is 96.6 cm³/mol. The number of thiophene rings is 1. The summed E-state index contributed by atoms with van der Waals surface area (Å²) in [7, 11) is 0. The molecule has 1 aromatic carbocycles. The lowest BCUT2D eigenvalue weighted by atomic mass is 10.2. The number of carbonyl (C=O) groups is 1. The summed E-state index contributed by atoms with van der Waals surface area (Å²) in [5, 5.41) is 9.84. The van der Waals surface area contributed by atoms with Crippen molar-refractivity contribution in [3.05, 3.63) is 58.6 Å². The Hall–Kier alpha value is -3.14. The minimum atomic E-state index is -4.68. The molecule has 0 aliphatic carbocycles. The largest absolute Gasteiger partial charge is 0.492 e. The van der Waals surface area contributed by atoms with Crippen molar-refractivity contribution in [2.75, 3.05) is 13.2 Å². The molecule has 0 aliphatic heterocycles. The van der Waals surface area contributed by atoms with Crippen LogP contribution in [0.2, 0.25) is 0 Å². The number of nitrogens with zero attached hydrogens (tertiary/aromatic N) is 2. The number of hydrogen-bond donors (Lipinski definition) is 1. The second-order valence-corrected chi connectivity index (χ2v) is 6.25. The van der Waals surface area contributed by atoms with Crippen molar-refractivity contribution in [3.8, 4) is 17.1 Å². The third-order valence-electron chi connectivity index (χ3n) is 3.42. The molecule has 1 amide bonds. The summed E-state index contributed by atoms with van der Waals surface area (Å²) in [4.78, 5) is 15.0. The molecular formula is C18H14F3N3O3S. The van der Waals surface area contributed by atoms with Crippen LogP contribution in [-0.2, 0) is 11.0 Å². The Kier molecular flexibility index (Phi) is 6.09. The molecule has 0 radical (unpaired) electrons. The van der Waals surface area contributed by atoms with Gasteiger partial charge in [0.15, 0.2) is 0 Å². The Labute approximate surface area is 161 Å². The summed E-state index contributed by atoms with van der Waals surface area (Å²) in [5.74, 6) is -1.30. The lowest BCUT2D eigenvalue weighted by molar-refractivity contribution is -0.159. The maximum absolute atomic E-state index is 12.5. The van der Waals surface area contributed by atoms with Gasteiger partial charge in [-0.1, -0.05) is 5.16 Å². The van der Waals surface area contributed by atoms with Gasteiger partial charge in [0.25, 0.3) is 0 Å². The van der Waals surface area contributed by atoms with Crippen LogP contribution in [0.15, 0.2) is 51.7 Å². The van der Waals surface area contributed by atoms with E-state index in [-0.39, 0.29) is 18.3 Å². The Morgan fingerprint density at radius 2 is 2.04 bits per heavy atom. The van der Waals surface area contributed by atoms with Crippen molar-refractivity contribution < 1.29 is 27.2 Å². The Morgan fingerprint density at radius 1 is 1.25 bits per heavy atom. The van der Waals surface area contributed by atoms with E-state index >= 15 is 0 Å². The van der Waals surface area contributed by atoms with Crippen molar-refractivity contribution in [2.24, 2.45) is 0 Å². The number of nitrogens with one attached hydrogen (secondary N) is 1. The van der Waals surface area contributed by atoms with E-state index in [1.165, 1.54) is 18.2 Å². The first kappa shape index (κ1) is 19.6. The van der Waals surface area contributed by atoms with Crippen molar-refractivity contribution in [3.63, 3.8) is 0 Å². The van der Waals surface area contributed by atoms with Crippen LogP contribution in [0.5, 0.6) is 5.75 Å². The number of ether oxygens (including phenoxy) is 1. The van der Waals surface area contributed by atoms with E-state index in [2.05, 4.69) is 20.0 Å². The van der Waals surface area contributed by atoms with Crippen LogP contribution in [0.4, 0.5) is 13.2 Å². The maximum Gasteiger partial charge on any atom is 0.471 e. The second kappa shape index (κ2) is 8.70. The smallest absolute Gasteiger partial charge is 0.471 e. The van der Waals surface area contributed by atoms with Crippen molar-refractivity contribution in [1.29, 1.82) is 0 Å². The molecule has 0 saturated carbocycles. The zero-order chi connectivity index (χ0) is 20.0. The van der Waals surface area contributed by atoms with E-state index in [4.69, 9.17) is 4.74 Å². The maximum atomic E-state index is 12.5. The third-order valence-corrected chi connectivity index (χ3v) is 4.12. The van der Waals surface area contributed by atoms with E-state index < -0.39 is 12.1 Å². The summed E-state index contributed by atoms with van der Waals surface area (Å²) in [6.07, 6.45) is -1.53. The summed E-state index contributed by atoms with van der Waals surface area (Å²) in [6.45, 7) is 0.534. The highest BCUT2D eigenvalue weighted by Crippen LogP contribution is 2.29. The van der Waals surface area contributed by atoms with Gasteiger partial charge in [0, 0.05) is 11.6 Å². The van der Waals surface area contributed by atoms with Gasteiger partial charge in [0.1, 0.15) is 12.4 Å². The summed E-state index contributed by atoms with van der Waals surface area (Å²) >= 11 is 1.55. The van der Waals surface area contributed by atoms with Crippen LogP contribution in [0.1, 0.15) is 11.5 Å². The van der Waals surface area contributed by atoms with E-state index in [0.29, 0.717) is 17.9 Å². The number of aromatic nitrogens is 2. The fourth-order valence-electron chi connectivity index (χ4n) is 2.10. The van der Waals surface area contributed by atoms with Crippen LogP contribution in [-0.4, -0.2) is 29.2 Å². The number of hydrogen-bond acceptors (Lipinski definition) is 6. The molecule has 0 unspecified atom stereocenters. The molecule has 0 bridgehead atoms. The first-order valence-electron chi connectivity index (χ1n) is 8.04. The topological polar surface area (TPSA) is 77.2 Å². The summed E-state index contributed by atoms with van der Waals surface area (Å²) < 4.78 is 47.1. The number of carbonyl (C=O) groups excluding carboxylic acids is 1. The molecule has 0 atom stereocenters. The Bertz CT molecular complexity index is 935. The molecule has 6 nitrogen and oxygen atoms in total. The lowest BCUT2D eigenvalue weighted by Gasteiger charge is -2.07. The first-order chi connectivity index (χ1) is 13.4. The van der Waals surface area contributed by atoms with Gasteiger partial charge in [0.2, 0.25) is 11.7 Å². The van der Waals surface area contributed by atoms with Crippen molar-refractivity contribution in [2.45, 2.75) is 6.18 Å². The molecule has 0 aliphatic rings. The molecule has 2 aromatic heterocycles. The van der Waals surface area contributed by atoms with Gasteiger partial charge >= 0.3 is 12.1 Å². The molecular weight excluding hydrogens is 395 g/mol. The molecule has 28 heavy (non-hydrogen) atoms. The number of amides is 1. The van der Waals surface area contributed by atoms with Crippen molar-refractivity contribution >= 4 is 23.3 Å². The average molecular weight is 409 g/mol. The van der Waals surface area contributed by atoms with Gasteiger partial charge in [0.05, 0.1) is 6.54 Å². The fourth-order valence-corrected chi connectivity index (χ4v) is 2.73. The molecule has 3 aromatic rings. The van der Waals surface area contributed by atoms with Crippen molar-refractivity contribution in [1.82, 2.24) is 15.5 Å². The highest BCUT2D eigenvalue weighted by Gasteiger charge is 2.38. The fraction of sp³-hybridized carbons (Fsp3) is 0.167. The second-order valence-electron chi connectivity index (χ2n) is 5.47. The zero-order valence-corrected chi connectivity index (χ0v) is 15.1. The molecule has 146 valence electrons. The minimum Gasteiger partial charge on any atom is -0.492 e. The summed E-state index contributed by atoms with van der Waals surface area (Å²) in [5.41, 5.74) is 1.32. The molecule has 2 heterocycles. The molecule has 0 saturated heterocycles. The highest BCUT2D eigenvalue weighted by atomic mass is 32.1. The summed E-state index contributed by atoms with van der Waals surface area (Å²) in [6, 6.07) is 8.07. The Balaban J connectivity index is 1.44. The lowest BCUT2D eigenvalue weighted by Crippen LogP contribution is -2.26. The van der Waals surface area contributed by atoms with Crippen LogP contribution in [0, 0.1) is 0 Å². The molecule has 1 N–H and O–H groups in total. The predicted octanol–water partition coefficient (Wildman–Crippen LogP) is 4.03. The average Bonchev–Trinajstić information content (AvgIpc) is 3.35. The minimum absolute atomic E-state index is 0.163. The quantitative estimate of drug-likeness (QED) is 0.471. The van der Waals surface area contributed by atoms with E-state index in [1.807, 2.05) is 16.8 Å². The van der Waals surface area contributed by atoms with Gasteiger partial charge in [-0.2, -0.15) is 29.5 Å². The van der Waals surface area contributed by atoms with Gasteiger partial charge in [-0.05, 0) is 52.7 Å². The van der Waals surface area contributed by atoms with Crippen LogP contribution in [0.25, 0.3) is 17.5 Å². The number of benzene rings is 1. The standard InChI is InChI=1S/C18H14F3N3O3S/c19-18(20,21)17-23-16(24-27-17)13-2-4-14(5-3-13)26-9-8-22-15(25)6-1-12-7-10-28-11-12/h1-7,10-11H,8-9H2,(H,22,25)/b6-1+. The van der Waals surface area contributed by atoms with Crippen LogP contribution < -0.4 is 10.1 Å². The van der Waals surface area contributed by atoms with Gasteiger partial charge in [-0.15, -0.1) is 0 Å². The van der Waals surface area contributed by atoms with Gasteiger partial charge in [-0.25, -0.2) is 0 Å². The first-order valence-corrected chi connectivity index (χ1v) is 8.98. The Morgan fingerprint density at radius 3 is 2.68 bits per heavy atom. The van der Waals surface area contributed by atoms with E-state index in [0.717, 1.165) is 5.56 Å². The number of rotatable bonds is 7. The zero-order valence-electron chi connectivity index (χ0n) is 14.3. The molecule has 3 rings (SSSR count). The highest BCUT2D eigenvalue weighted by molar-refractivity contribution is 7.08. The van der Waals surface area contributed by atoms with E-state index in [1.54, 1.807) is 29.5 Å². The van der Waals surface area contributed by atoms with Gasteiger partial charge < -0.3 is 14.6 Å². The molecule has 10 heteroatoms. The van der Waals surface area contributed by atoms with Crippen LogP contribution >= 0.6 is 11.3 Å². The van der Waals surface area contributed by atoms with E-state index in [9.17, 15) is 18.0 Å².